The van der Waals surface area contributed by atoms with Gasteiger partial charge >= 0.3 is 6.18 Å². The second-order valence-corrected chi connectivity index (χ2v) is 7.89. The lowest BCUT2D eigenvalue weighted by atomic mass is 10.3. The summed E-state index contributed by atoms with van der Waals surface area (Å²) in [6.45, 7) is 0. The molecule has 2 heterocycles. The first-order valence-electron chi connectivity index (χ1n) is 6.69. The van der Waals surface area contributed by atoms with Gasteiger partial charge in [0.15, 0.2) is 14.9 Å². The van der Waals surface area contributed by atoms with Crippen LogP contribution in [-0.2, 0) is 16.0 Å². The molecule has 0 N–H and O–H groups in total. The number of alkyl halides is 3. The van der Waals surface area contributed by atoms with Gasteiger partial charge in [0.2, 0.25) is 5.82 Å². The van der Waals surface area contributed by atoms with Gasteiger partial charge in [-0.25, -0.2) is 13.4 Å². The van der Waals surface area contributed by atoms with Crippen LogP contribution in [0.15, 0.2) is 52.9 Å². The van der Waals surface area contributed by atoms with Crippen molar-refractivity contribution in [2.45, 2.75) is 11.2 Å². The van der Waals surface area contributed by atoms with Crippen LogP contribution in [0.5, 0.6) is 0 Å². The Morgan fingerprint density at radius 1 is 1.08 bits per heavy atom. The van der Waals surface area contributed by atoms with Crippen molar-refractivity contribution in [1.29, 1.82) is 0 Å². The third kappa shape index (κ3) is 2.96. The van der Waals surface area contributed by atoms with Crippen LogP contribution in [0.1, 0.15) is 5.82 Å². The van der Waals surface area contributed by atoms with E-state index < -0.39 is 26.9 Å². The molecule has 0 saturated heterocycles. The summed E-state index contributed by atoms with van der Waals surface area (Å²) >= 11 is 1.15. The lowest BCUT2D eigenvalue weighted by Crippen LogP contribution is -2.14. The van der Waals surface area contributed by atoms with Crippen molar-refractivity contribution in [3.8, 4) is 16.3 Å². The fourth-order valence-corrected chi connectivity index (χ4v) is 3.94. The largest absolute Gasteiger partial charge is 0.450 e. The van der Waals surface area contributed by atoms with E-state index in [0.29, 0.717) is 4.88 Å². The molecule has 0 spiro atoms. The maximum atomic E-state index is 13.5. The van der Waals surface area contributed by atoms with Crippen LogP contribution in [0.25, 0.3) is 16.3 Å². The van der Waals surface area contributed by atoms with Crippen LogP contribution in [0, 0.1) is 0 Å². The highest BCUT2D eigenvalue weighted by Crippen LogP contribution is 2.39. The van der Waals surface area contributed by atoms with Gasteiger partial charge in [0.1, 0.15) is 5.69 Å². The number of rotatable bonds is 3. The Morgan fingerprint density at radius 3 is 2.25 bits per heavy atom. The number of hydrogen-bond donors (Lipinski definition) is 0. The van der Waals surface area contributed by atoms with E-state index in [1.165, 1.54) is 12.1 Å². The van der Waals surface area contributed by atoms with Gasteiger partial charge in [-0.1, -0.05) is 24.3 Å². The summed E-state index contributed by atoms with van der Waals surface area (Å²) in [6, 6.07) is 11.0. The van der Waals surface area contributed by atoms with Crippen LogP contribution < -0.4 is 0 Å². The molecule has 0 saturated carbocycles. The molecule has 0 fully saturated rings. The SMILES string of the molecule is CS(=O)(=O)c1nc(C(F)(F)F)n(-c2ccccc2)c1-c1cccs1. The zero-order valence-electron chi connectivity index (χ0n) is 12.3. The van der Waals surface area contributed by atoms with E-state index in [9.17, 15) is 21.6 Å². The molecule has 3 rings (SSSR count). The fraction of sp³-hybridized carbons (Fsp3) is 0.133. The third-order valence-electron chi connectivity index (χ3n) is 3.22. The van der Waals surface area contributed by atoms with Crippen molar-refractivity contribution in [3.63, 3.8) is 0 Å². The van der Waals surface area contributed by atoms with Crippen LogP contribution in [0.3, 0.4) is 0 Å². The van der Waals surface area contributed by atoms with Crippen molar-refractivity contribution < 1.29 is 21.6 Å². The molecular weight excluding hydrogens is 361 g/mol. The van der Waals surface area contributed by atoms with Gasteiger partial charge in [-0.2, -0.15) is 13.2 Å². The second kappa shape index (κ2) is 5.75. The van der Waals surface area contributed by atoms with Crippen molar-refractivity contribution in [1.82, 2.24) is 9.55 Å². The molecule has 0 aliphatic heterocycles. The van der Waals surface area contributed by atoms with Gasteiger partial charge in [-0.15, -0.1) is 11.3 Å². The molecule has 3 aromatic rings. The number of imidazole rings is 1. The monoisotopic (exact) mass is 372 g/mol. The summed E-state index contributed by atoms with van der Waals surface area (Å²) in [6.07, 6.45) is -3.95. The van der Waals surface area contributed by atoms with E-state index in [0.717, 1.165) is 22.2 Å². The van der Waals surface area contributed by atoms with E-state index in [4.69, 9.17) is 0 Å². The number of sulfone groups is 1. The van der Waals surface area contributed by atoms with Gasteiger partial charge < -0.3 is 0 Å². The van der Waals surface area contributed by atoms with Crippen molar-refractivity contribution in [2.24, 2.45) is 0 Å². The van der Waals surface area contributed by atoms with E-state index in [1.54, 1.807) is 35.7 Å². The molecule has 0 aliphatic carbocycles. The van der Waals surface area contributed by atoms with E-state index in [1.807, 2.05) is 0 Å². The van der Waals surface area contributed by atoms with Gasteiger partial charge in [0.25, 0.3) is 0 Å². The van der Waals surface area contributed by atoms with Gasteiger partial charge in [0, 0.05) is 11.9 Å². The normalized spacial score (nSPS) is 12.5. The average Bonchev–Trinajstić information content (AvgIpc) is 3.13. The zero-order chi connectivity index (χ0) is 17.5. The minimum atomic E-state index is -4.80. The number of thiophene rings is 1. The minimum Gasteiger partial charge on any atom is -0.287 e. The third-order valence-corrected chi connectivity index (χ3v) is 5.08. The molecular formula is C15H11F3N2O2S2. The summed E-state index contributed by atoms with van der Waals surface area (Å²) < 4.78 is 65.4. The summed E-state index contributed by atoms with van der Waals surface area (Å²) in [7, 11) is -3.95. The number of nitrogens with zero attached hydrogens (tertiary/aromatic N) is 2. The van der Waals surface area contributed by atoms with E-state index in [2.05, 4.69) is 4.98 Å². The molecule has 126 valence electrons. The Labute approximate surface area is 140 Å². The maximum Gasteiger partial charge on any atom is 0.450 e. The van der Waals surface area contributed by atoms with Crippen LogP contribution in [0.4, 0.5) is 13.2 Å². The first-order valence-corrected chi connectivity index (χ1v) is 9.46. The van der Waals surface area contributed by atoms with Gasteiger partial charge in [-0.3, -0.25) is 4.57 Å². The van der Waals surface area contributed by atoms with Crippen molar-refractivity contribution >= 4 is 21.2 Å². The molecule has 4 nitrogen and oxygen atoms in total. The van der Waals surface area contributed by atoms with Crippen LogP contribution in [-0.4, -0.2) is 24.2 Å². The maximum absolute atomic E-state index is 13.5. The number of halogens is 3. The van der Waals surface area contributed by atoms with Crippen molar-refractivity contribution in [2.75, 3.05) is 6.26 Å². The van der Waals surface area contributed by atoms with E-state index in [-0.39, 0.29) is 11.4 Å². The standard InChI is InChI=1S/C15H11F3N2O2S2/c1-24(21,22)13-12(11-8-5-9-23-11)20(10-6-3-2-4-7-10)14(19-13)15(16,17)18/h2-9H,1H3. The minimum absolute atomic E-state index is 0.0778. The summed E-state index contributed by atoms with van der Waals surface area (Å²) in [5.41, 5.74) is 0.113. The van der Waals surface area contributed by atoms with E-state index >= 15 is 0 Å². The predicted octanol–water partition coefficient (Wildman–Crippen LogP) is 4.02. The molecule has 1 aromatic carbocycles. The molecule has 24 heavy (non-hydrogen) atoms. The molecule has 0 amide bonds. The lowest BCUT2D eigenvalue weighted by molar-refractivity contribution is -0.146. The molecule has 0 atom stereocenters. The number of benzene rings is 1. The highest BCUT2D eigenvalue weighted by molar-refractivity contribution is 7.90. The predicted molar refractivity (Wildman–Crippen MR) is 85.0 cm³/mol. The van der Waals surface area contributed by atoms with Crippen LogP contribution in [0.2, 0.25) is 0 Å². The summed E-state index contributed by atoms with van der Waals surface area (Å²) in [5.74, 6) is -1.27. The molecule has 0 bridgehead atoms. The zero-order valence-corrected chi connectivity index (χ0v) is 13.9. The molecule has 0 unspecified atom stereocenters. The summed E-state index contributed by atoms with van der Waals surface area (Å²) in [4.78, 5) is 3.83. The topological polar surface area (TPSA) is 52.0 Å². The van der Waals surface area contributed by atoms with Crippen molar-refractivity contribution in [3.05, 3.63) is 53.7 Å². The highest BCUT2D eigenvalue weighted by atomic mass is 32.2. The Morgan fingerprint density at radius 2 is 1.75 bits per heavy atom. The Kier molecular flexibility index (Phi) is 4.00. The molecule has 0 radical (unpaired) electrons. The van der Waals surface area contributed by atoms with Crippen LogP contribution >= 0.6 is 11.3 Å². The number of para-hydroxylation sites is 1. The van der Waals surface area contributed by atoms with Gasteiger partial charge in [0.05, 0.1) is 4.88 Å². The Hall–Kier alpha value is -2.13. The molecule has 9 heteroatoms. The average molecular weight is 372 g/mol. The summed E-state index contributed by atoms with van der Waals surface area (Å²) in [5, 5.41) is 1.08. The smallest absolute Gasteiger partial charge is 0.287 e. The fourth-order valence-electron chi connectivity index (χ4n) is 2.31. The Balaban J connectivity index is 2.47. The first kappa shape index (κ1) is 16.7. The highest BCUT2D eigenvalue weighted by Gasteiger charge is 2.41. The number of aromatic nitrogens is 2. The van der Waals surface area contributed by atoms with Gasteiger partial charge in [-0.05, 0) is 23.6 Å². The number of hydrogen-bond acceptors (Lipinski definition) is 4. The second-order valence-electron chi connectivity index (χ2n) is 5.01. The lowest BCUT2D eigenvalue weighted by Gasteiger charge is -2.13. The molecule has 0 aliphatic rings. The Bertz CT molecular complexity index is 960. The quantitative estimate of drug-likeness (QED) is 0.698. The first-order chi connectivity index (χ1) is 11.2. The molecule has 2 aromatic heterocycles.